The summed E-state index contributed by atoms with van der Waals surface area (Å²) in [6, 6.07) is 4.42. The SMILES string of the molecule is CCC(CC1CC1)Nc1ccc(N)nc1. The number of aromatic nitrogens is 1. The topological polar surface area (TPSA) is 50.9 Å². The quantitative estimate of drug-likeness (QED) is 0.777. The van der Waals surface area contributed by atoms with Gasteiger partial charge in [0.2, 0.25) is 0 Å². The van der Waals surface area contributed by atoms with Crippen molar-refractivity contribution in [3.63, 3.8) is 0 Å². The number of nitrogen functional groups attached to an aromatic ring is 1. The van der Waals surface area contributed by atoms with Crippen molar-refractivity contribution in [2.24, 2.45) is 5.92 Å². The van der Waals surface area contributed by atoms with Crippen molar-refractivity contribution in [3.8, 4) is 0 Å². The van der Waals surface area contributed by atoms with Crippen LogP contribution in [-0.2, 0) is 0 Å². The van der Waals surface area contributed by atoms with Crippen molar-refractivity contribution in [2.45, 2.75) is 38.6 Å². The second-order valence-electron chi connectivity index (χ2n) is 4.40. The average molecular weight is 205 g/mol. The number of nitrogens with two attached hydrogens (primary N) is 1. The van der Waals surface area contributed by atoms with Gasteiger partial charge in [0, 0.05) is 6.04 Å². The molecule has 1 heterocycles. The van der Waals surface area contributed by atoms with Gasteiger partial charge in [0.1, 0.15) is 5.82 Å². The molecule has 2 rings (SSSR count). The van der Waals surface area contributed by atoms with Crippen LogP contribution in [-0.4, -0.2) is 11.0 Å². The number of rotatable bonds is 5. The molecule has 0 saturated heterocycles. The van der Waals surface area contributed by atoms with Gasteiger partial charge < -0.3 is 11.1 Å². The second-order valence-corrected chi connectivity index (χ2v) is 4.40. The molecule has 1 fully saturated rings. The van der Waals surface area contributed by atoms with Gasteiger partial charge in [-0.1, -0.05) is 19.8 Å². The molecule has 82 valence electrons. The molecule has 15 heavy (non-hydrogen) atoms. The summed E-state index contributed by atoms with van der Waals surface area (Å²) in [5.74, 6) is 1.54. The van der Waals surface area contributed by atoms with Crippen molar-refractivity contribution >= 4 is 11.5 Å². The zero-order valence-corrected chi connectivity index (χ0v) is 9.24. The predicted molar refractivity (Wildman–Crippen MR) is 63.7 cm³/mol. The molecule has 1 aromatic heterocycles. The number of hydrogen-bond donors (Lipinski definition) is 2. The van der Waals surface area contributed by atoms with Crippen molar-refractivity contribution in [1.82, 2.24) is 4.98 Å². The first-order chi connectivity index (χ1) is 7.28. The maximum atomic E-state index is 5.54. The minimum Gasteiger partial charge on any atom is -0.384 e. The third-order valence-electron chi connectivity index (χ3n) is 2.96. The van der Waals surface area contributed by atoms with Gasteiger partial charge in [0.25, 0.3) is 0 Å². The average Bonchev–Trinajstić information content (AvgIpc) is 3.04. The Balaban J connectivity index is 1.89. The molecule has 3 N–H and O–H groups in total. The van der Waals surface area contributed by atoms with E-state index in [0.29, 0.717) is 11.9 Å². The first-order valence-corrected chi connectivity index (χ1v) is 5.76. The molecule has 3 nitrogen and oxygen atoms in total. The van der Waals surface area contributed by atoms with Crippen LogP contribution < -0.4 is 11.1 Å². The molecular formula is C12H19N3. The Hall–Kier alpha value is -1.25. The largest absolute Gasteiger partial charge is 0.384 e. The summed E-state index contributed by atoms with van der Waals surface area (Å²) in [5.41, 5.74) is 6.62. The Morgan fingerprint density at radius 1 is 1.53 bits per heavy atom. The van der Waals surface area contributed by atoms with Crippen molar-refractivity contribution in [1.29, 1.82) is 0 Å². The van der Waals surface area contributed by atoms with Crippen LogP contribution in [0, 0.1) is 5.92 Å². The molecule has 0 radical (unpaired) electrons. The highest BCUT2D eigenvalue weighted by atomic mass is 14.9. The molecule has 1 saturated carbocycles. The predicted octanol–water partition coefficient (Wildman–Crippen LogP) is 2.65. The van der Waals surface area contributed by atoms with Gasteiger partial charge in [0.05, 0.1) is 11.9 Å². The number of pyridine rings is 1. The van der Waals surface area contributed by atoms with E-state index in [1.165, 1.54) is 25.7 Å². The number of nitrogens with zero attached hydrogens (tertiary/aromatic N) is 1. The fourth-order valence-corrected chi connectivity index (χ4v) is 1.81. The summed E-state index contributed by atoms with van der Waals surface area (Å²) in [6.07, 6.45) is 7.10. The summed E-state index contributed by atoms with van der Waals surface area (Å²) >= 11 is 0. The van der Waals surface area contributed by atoms with Crippen molar-refractivity contribution < 1.29 is 0 Å². The first-order valence-electron chi connectivity index (χ1n) is 5.76. The lowest BCUT2D eigenvalue weighted by Crippen LogP contribution is -2.19. The third kappa shape index (κ3) is 3.11. The van der Waals surface area contributed by atoms with E-state index in [4.69, 9.17) is 5.73 Å². The Morgan fingerprint density at radius 2 is 2.33 bits per heavy atom. The molecule has 0 aromatic carbocycles. The van der Waals surface area contributed by atoms with Crippen LogP contribution in [0.4, 0.5) is 11.5 Å². The highest BCUT2D eigenvalue weighted by Gasteiger charge is 2.24. The Labute approximate surface area is 91.1 Å². The van der Waals surface area contributed by atoms with E-state index < -0.39 is 0 Å². The Kier molecular flexibility index (Phi) is 3.09. The fraction of sp³-hybridized carbons (Fsp3) is 0.583. The molecule has 0 spiro atoms. The van der Waals surface area contributed by atoms with E-state index in [1.807, 2.05) is 18.3 Å². The lowest BCUT2D eigenvalue weighted by atomic mass is 10.1. The van der Waals surface area contributed by atoms with E-state index in [2.05, 4.69) is 17.2 Å². The lowest BCUT2D eigenvalue weighted by Gasteiger charge is -2.17. The normalized spacial score (nSPS) is 17.4. The molecule has 1 aliphatic carbocycles. The van der Waals surface area contributed by atoms with Crippen LogP contribution in [0.3, 0.4) is 0 Å². The molecule has 1 atom stereocenters. The first kappa shape index (κ1) is 10.3. The monoisotopic (exact) mass is 205 g/mol. The molecule has 1 aliphatic rings. The molecule has 0 amide bonds. The van der Waals surface area contributed by atoms with Gasteiger partial charge in [-0.3, -0.25) is 0 Å². The lowest BCUT2D eigenvalue weighted by molar-refractivity contribution is 0.587. The molecule has 3 heteroatoms. The van der Waals surface area contributed by atoms with E-state index in [9.17, 15) is 0 Å². The van der Waals surface area contributed by atoms with Gasteiger partial charge in [-0.05, 0) is 30.9 Å². The summed E-state index contributed by atoms with van der Waals surface area (Å²) in [6.45, 7) is 2.23. The van der Waals surface area contributed by atoms with Crippen LogP contribution in [0.25, 0.3) is 0 Å². The number of hydrogen-bond acceptors (Lipinski definition) is 3. The summed E-state index contributed by atoms with van der Waals surface area (Å²) in [4.78, 5) is 4.08. The smallest absolute Gasteiger partial charge is 0.123 e. The Morgan fingerprint density at radius 3 is 2.87 bits per heavy atom. The van der Waals surface area contributed by atoms with Crippen molar-refractivity contribution in [2.75, 3.05) is 11.1 Å². The van der Waals surface area contributed by atoms with Gasteiger partial charge in [-0.2, -0.15) is 0 Å². The standard InChI is InChI=1S/C12H19N3/c1-2-10(7-9-3-4-9)15-11-5-6-12(13)14-8-11/h5-6,8-10,15H,2-4,7H2,1H3,(H2,13,14). The van der Waals surface area contributed by atoms with E-state index in [0.717, 1.165) is 11.6 Å². The second kappa shape index (κ2) is 4.51. The van der Waals surface area contributed by atoms with Crippen LogP contribution in [0.5, 0.6) is 0 Å². The summed E-state index contributed by atoms with van der Waals surface area (Å²) in [5, 5.41) is 3.51. The fourth-order valence-electron chi connectivity index (χ4n) is 1.81. The molecule has 1 unspecified atom stereocenters. The highest BCUT2D eigenvalue weighted by molar-refractivity contribution is 5.45. The molecule has 0 aliphatic heterocycles. The molecular weight excluding hydrogens is 186 g/mol. The maximum absolute atomic E-state index is 5.54. The van der Waals surface area contributed by atoms with Gasteiger partial charge >= 0.3 is 0 Å². The van der Waals surface area contributed by atoms with Crippen LogP contribution >= 0.6 is 0 Å². The van der Waals surface area contributed by atoms with Crippen LogP contribution in [0.1, 0.15) is 32.6 Å². The Bertz CT molecular complexity index is 303. The van der Waals surface area contributed by atoms with E-state index >= 15 is 0 Å². The number of anilines is 2. The van der Waals surface area contributed by atoms with Gasteiger partial charge in [-0.25, -0.2) is 4.98 Å². The third-order valence-corrected chi connectivity index (χ3v) is 2.96. The van der Waals surface area contributed by atoms with Crippen molar-refractivity contribution in [3.05, 3.63) is 18.3 Å². The highest BCUT2D eigenvalue weighted by Crippen LogP contribution is 2.34. The zero-order valence-electron chi connectivity index (χ0n) is 9.24. The maximum Gasteiger partial charge on any atom is 0.123 e. The van der Waals surface area contributed by atoms with Gasteiger partial charge in [-0.15, -0.1) is 0 Å². The number of nitrogens with one attached hydrogen (secondary N) is 1. The molecule has 0 bridgehead atoms. The van der Waals surface area contributed by atoms with Gasteiger partial charge in [0.15, 0.2) is 0 Å². The van der Waals surface area contributed by atoms with Crippen LogP contribution in [0.2, 0.25) is 0 Å². The minimum atomic E-state index is 0.579. The summed E-state index contributed by atoms with van der Waals surface area (Å²) < 4.78 is 0. The van der Waals surface area contributed by atoms with E-state index in [-0.39, 0.29) is 0 Å². The summed E-state index contributed by atoms with van der Waals surface area (Å²) in [7, 11) is 0. The molecule has 1 aromatic rings. The zero-order chi connectivity index (χ0) is 10.7. The van der Waals surface area contributed by atoms with E-state index in [1.54, 1.807) is 0 Å². The van der Waals surface area contributed by atoms with Crippen LogP contribution in [0.15, 0.2) is 18.3 Å². The minimum absolute atomic E-state index is 0.579.